The smallest absolute Gasteiger partial charge is 0.263 e. The van der Waals surface area contributed by atoms with Gasteiger partial charge in [0.1, 0.15) is 0 Å². The molecule has 1 saturated heterocycles. The molecule has 1 aromatic heterocycles. The maximum Gasteiger partial charge on any atom is 0.263 e. The van der Waals surface area contributed by atoms with Gasteiger partial charge >= 0.3 is 0 Å². The summed E-state index contributed by atoms with van der Waals surface area (Å²) in [5.41, 5.74) is 5.26. The molecule has 1 aliphatic rings. The third-order valence-electron chi connectivity index (χ3n) is 2.96. The number of carbonyl (C=O) groups excluding carboxylic acids is 2. The Balaban J connectivity index is 1.97. The molecule has 1 aromatic rings. The van der Waals surface area contributed by atoms with Crippen molar-refractivity contribution in [1.29, 1.82) is 0 Å². The van der Waals surface area contributed by atoms with Crippen LogP contribution >= 0.6 is 27.3 Å². The lowest BCUT2D eigenvalue weighted by Gasteiger charge is -2.30. The van der Waals surface area contributed by atoms with Crippen LogP contribution in [0.25, 0.3) is 0 Å². The van der Waals surface area contributed by atoms with E-state index in [1.807, 2.05) is 11.4 Å². The number of rotatable bonds is 2. The maximum atomic E-state index is 12.1. The van der Waals surface area contributed by atoms with Crippen LogP contribution < -0.4 is 5.73 Å². The molecule has 0 radical (unpaired) electrons. The monoisotopic (exact) mass is 316 g/mol. The largest absolute Gasteiger partial charge is 0.369 e. The maximum absolute atomic E-state index is 12.1. The van der Waals surface area contributed by atoms with E-state index < -0.39 is 0 Å². The van der Waals surface area contributed by atoms with Gasteiger partial charge in [0.25, 0.3) is 5.91 Å². The standard InChI is InChI=1S/C11H13BrN2O2S/c12-8-5-9(17-6-8)11(16)14-3-1-7(2-4-14)10(13)15/h5-7H,1-4H2,(H2,13,15). The lowest BCUT2D eigenvalue weighted by molar-refractivity contribution is -0.123. The number of nitrogens with two attached hydrogens (primary N) is 1. The van der Waals surface area contributed by atoms with Crippen molar-refractivity contribution < 1.29 is 9.59 Å². The Bertz CT molecular complexity index is 438. The molecule has 0 aromatic carbocycles. The molecule has 1 aliphatic heterocycles. The normalized spacial score (nSPS) is 17.1. The lowest BCUT2D eigenvalue weighted by atomic mass is 9.96. The van der Waals surface area contributed by atoms with Crippen LogP contribution in [0.1, 0.15) is 22.5 Å². The van der Waals surface area contributed by atoms with Crippen molar-refractivity contribution in [3.05, 3.63) is 20.8 Å². The summed E-state index contributed by atoms with van der Waals surface area (Å²) in [6.07, 6.45) is 1.35. The Labute approximate surface area is 112 Å². The first-order chi connectivity index (χ1) is 8.08. The first kappa shape index (κ1) is 12.6. The van der Waals surface area contributed by atoms with Crippen molar-refractivity contribution in [1.82, 2.24) is 4.90 Å². The van der Waals surface area contributed by atoms with Gasteiger partial charge in [-0.3, -0.25) is 9.59 Å². The predicted molar refractivity (Wildman–Crippen MR) is 69.8 cm³/mol. The van der Waals surface area contributed by atoms with E-state index in [0.717, 1.165) is 9.35 Å². The highest BCUT2D eigenvalue weighted by Crippen LogP contribution is 2.24. The first-order valence-electron chi connectivity index (χ1n) is 5.40. The number of likely N-dealkylation sites (tertiary alicyclic amines) is 1. The number of amides is 2. The molecule has 2 N–H and O–H groups in total. The average molecular weight is 317 g/mol. The zero-order valence-corrected chi connectivity index (χ0v) is 11.6. The summed E-state index contributed by atoms with van der Waals surface area (Å²) in [5, 5.41) is 1.89. The molecule has 0 spiro atoms. The molecule has 92 valence electrons. The van der Waals surface area contributed by atoms with Crippen LogP contribution in [0.3, 0.4) is 0 Å². The van der Waals surface area contributed by atoms with Gasteiger partial charge in [-0.1, -0.05) is 0 Å². The molecule has 0 aliphatic carbocycles. The zero-order chi connectivity index (χ0) is 12.4. The summed E-state index contributed by atoms with van der Waals surface area (Å²) in [6, 6.07) is 1.83. The van der Waals surface area contributed by atoms with E-state index in [4.69, 9.17) is 5.73 Å². The molecule has 2 rings (SSSR count). The number of hydrogen-bond acceptors (Lipinski definition) is 3. The lowest BCUT2D eigenvalue weighted by Crippen LogP contribution is -2.41. The molecule has 17 heavy (non-hydrogen) atoms. The Morgan fingerprint density at radius 3 is 2.53 bits per heavy atom. The fourth-order valence-corrected chi connectivity index (χ4v) is 3.34. The van der Waals surface area contributed by atoms with Crippen molar-refractivity contribution in [2.24, 2.45) is 11.7 Å². The van der Waals surface area contributed by atoms with Gasteiger partial charge in [-0.15, -0.1) is 11.3 Å². The van der Waals surface area contributed by atoms with Gasteiger partial charge in [0.05, 0.1) is 4.88 Å². The summed E-state index contributed by atoms with van der Waals surface area (Å²) in [7, 11) is 0. The number of halogens is 1. The number of hydrogen-bond donors (Lipinski definition) is 1. The fraction of sp³-hybridized carbons (Fsp3) is 0.455. The molecule has 6 heteroatoms. The van der Waals surface area contributed by atoms with E-state index in [1.54, 1.807) is 4.90 Å². The number of primary amides is 1. The Hall–Kier alpha value is -0.880. The second kappa shape index (κ2) is 5.18. The molecule has 0 saturated carbocycles. The summed E-state index contributed by atoms with van der Waals surface area (Å²) in [4.78, 5) is 25.6. The summed E-state index contributed by atoms with van der Waals surface area (Å²) in [6.45, 7) is 1.23. The minimum Gasteiger partial charge on any atom is -0.369 e. The van der Waals surface area contributed by atoms with Gasteiger partial charge in [0, 0.05) is 28.9 Å². The quantitative estimate of drug-likeness (QED) is 0.905. The van der Waals surface area contributed by atoms with E-state index in [9.17, 15) is 9.59 Å². The fourth-order valence-electron chi connectivity index (χ4n) is 1.95. The molecule has 0 unspecified atom stereocenters. The molecule has 2 amide bonds. The Kier molecular flexibility index (Phi) is 3.83. The van der Waals surface area contributed by atoms with Gasteiger partial charge in [-0.2, -0.15) is 0 Å². The van der Waals surface area contributed by atoms with Crippen LogP contribution in [0, 0.1) is 5.92 Å². The molecular weight excluding hydrogens is 304 g/mol. The minimum atomic E-state index is -0.254. The second-order valence-electron chi connectivity index (χ2n) is 4.10. The zero-order valence-electron chi connectivity index (χ0n) is 9.19. The van der Waals surface area contributed by atoms with Crippen LogP contribution in [-0.2, 0) is 4.79 Å². The molecule has 0 atom stereocenters. The van der Waals surface area contributed by atoms with E-state index in [2.05, 4.69) is 15.9 Å². The molecule has 4 nitrogen and oxygen atoms in total. The molecule has 2 heterocycles. The van der Waals surface area contributed by atoms with Crippen LogP contribution in [0.5, 0.6) is 0 Å². The number of thiophene rings is 1. The number of carbonyl (C=O) groups is 2. The van der Waals surface area contributed by atoms with Gasteiger partial charge in [-0.25, -0.2) is 0 Å². The highest BCUT2D eigenvalue weighted by molar-refractivity contribution is 9.10. The summed E-state index contributed by atoms with van der Waals surface area (Å²) >= 11 is 4.76. The van der Waals surface area contributed by atoms with E-state index in [0.29, 0.717) is 25.9 Å². The van der Waals surface area contributed by atoms with Gasteiger partial charge in [-0.05, 0) is 34.8 Å². The Morgan fingerprint density at radius 2 is 2.06 bits per heavy atom. The van der Waals surface area contributed by atoms with E-state index in [-0.39, 0.29) is 17.7 Å². The summed E-state index contributed by atoms with van der Waals surface area (Å²) in [5.74, 6) is -0.284. The van der Waals surface area contributed by atoms with Gasteiger partial charge in [0.15, 0.2) is 0 Å². The molecule has 0 bridgehead atoms. The number of piperidine rings is 1. The Morgan fingerprint density at radius 1 is 1.41 bits per heavy atom. The topological polar surface area (TPSA) is 63.4 Å². The predicted octanol–water partition coefficient (Wildman–Crippen LogP) is 1.85. The summed E-state index contributed by atoms with van der Waals surface area (Å²) < 4.78 is 0.929. The highest BCUT2D eigenvalue weighted by atomic mass is 79.9. The van der Waals surface area contributed by atoms with E-state index in [1.165, 1.54) is 11.3 Å². The van der Waals surface area contributed by atoms with Crippen molar-refractivity contribution >= 4 is 39.1 Å². The average Bonchev–Trinajstić information content (AvgIpc) is 2.75. The molecular formula is C11H13BrN2O2S. The van der Waals surface area contributed by atoms with Crippen LogP contribution in [0.15, 0.2) is 15.9 Å². The second-order valence-corrected chi connectivity index (χ2v) is 5.92. The van der Waals surface area contributed by atoms with Crippen LogP contribution in [-0.4, -0.2) is 29.8 Å². The first-order valence-corrected chi connectivity index (χ1v) is 7.08. The van der Waals surface area contributed by atoms with Crippen LogP contribution in [0.2, 0.25) is 0 Å². The third-order valence-corrected chi connectivity index (χ3v) is 4.64. The number of nitrogens with zero attached hydrogens (tertiary/aromatic N) is 1. The van der Waals surface area contributed by atoms with Crippen molar-refractivity contribution in [3.8, 4) is 0 Å². The third kappa shape index (κ3) is 2.87. The molecule has 1 fully saturated rings. The van der Waals surface area contributed by atoms with Gasteiger partial charge in [0.2, 0.25) is 5.91 Å². The van der Waals surface area contributed by atoms with Crippen molar-refractivity contribution in [2.45, 2.75) is 12.8 Å². The van der Waals surface area contributed by atoms with Crippen LogP contribution in [0.4, 0.5) is 0 Å². The highest BCUT2D eigenvalue weighted by Gasteiger charge is 2.26. The van der Waals surface area contributed by atoms with Gasteiger partial charge < -0.3 is 10.6 Å². The SMILES string of the molecule is NC(=O)C1CCN(C(=O)c2cc(Br)cs2)CC1. The van der Waals surface area contributed by atoms with Crippen molar-refractivity contribution in [3.63, 3.8) is 0 Å². The minimum absolute atomic E-state index is 0.0450. The van der Waals surface area contributed by atoms with E-state index >= 15 is 0 Å². The van der Waals surface area contributed by atoms with Crippen molar-refractivity contribution in [2.75, 3.05) is 13.1 Å².